The quantitative estimate of drug-likeness (QED) is 0.890. The number of carbonyl (C=O) groups excluding carboxylic acids is 1. The fourth-order valence-electron chi connectivity index (χ4n) is 2.97. The number of ether oxygens (including phenoxy) is 1. The van der Waals surface area contributed by atoms with Gasteiger partial charge in [-0.05, 0) is 43.5 Å². The second-order valence-corrected chi connectivity index (χ2v) is 5.80. The van der Waals surface area contributed by atoms with E-state index in [-0.39, 0.29) is 11.9 Å². The third-order valence-corrected chi connectivity index (χ3v) is 4.22. The van der Waals surface area contributed by atoms with E-state index in [1.165, 1.54) is 0 Å². The van der Waals surface area contributed by atoms with Gasteiger partial charge in [0.05, 0.1) is 0 Å². The average molecular weight is 311 g/mol. The lowest BCUT2D eigenvalue weighted by Gasteiger charge is -2.19. The third kappa shape index (κ3) is 3.87. The lowest BCUT2D eigenvalue weighted by molar-refractivity contribution is 0.0923. The molecule has 1 aliphatic rings. The van der Waals surface area contributed by atoms with Gasteiger partial charge < -0.3 is 15.8 Å². The summed E-state index contributed by atoms with van der Waals surface area (Å²) in [6.45, 7) is 0.607. The summed E-state index contributed by atoms with van der Waals surface area (Å²) in [6, 6.07) is 13.0. The van der Waals surface area contributed by atoms with Crippen LogP contribution in [0, 0.1) is 5.92 Å². The Bertz CT molecular complexity index is 660. The number of hydrogen-bond donors (Lipinski definition) is 2. The number of para-hydroxylation sites is 1. The van der Waals surface area contributed by atoms with E-state index < -0.39 is 0 Å². The topological polar surface area (TPSA) is 77.2 Å². The number of nitrogens with zero attached hydrogens (tertiary/aromatic N) is 1. The molecule has 1 aromatic heterocycles. The van der Waals surface area contributed by atoms with Gasteiger partial charge in [-0.3, -0.25) is 9.78 Å². The Balaban J connectivity index is 1.68. The summed E-state index contributed by atoms with van der Waals surface area (Å²) in [5.41, 5.74) is 6.12. The first-order chi connectivity index (χ1) is 11.3. The molecule has 3 rings (SSSR count). The fourth-order valence-corrected chi connectivity index (χ4v) is 2.97. The van der Waals surface area contributed by atoms with Crippen molar-refractivity contribution in [1.29, 1.82) is 0 Å². The molecule has 0 radical (unpaired) electrons. The maximum absolute atomic E-state index is 12.4. The second-order valence-electron chi connectivity index (χ2n) is 5.80. The molecule has 1 amide bonds. The van der Waals surface area contributed by atoms with Gasteiger partial charge in [-0.2, -0.15) is 0 Å². The van der Waals surface area contributed by atoms with Gasteiger partial charge in [0.2, 0.25) is 0 Å². The first-order valence-corrected chi connectivity index (χ1v) is 7.96. The summed E-state index contributed by atoms with van der Waals surface area (Å²) in [5, 5.41) is 3.05. The molecule has 5 nitrogen and oxygen atoms in total. The molecule has 2 aromatic rings. The van der Waals surface area contributed by atoms with E-state index >= 15 is 0 Å². The summed E-state index contributed by atoms with van der Waals surface area (Å²) in [6.07, 6.45) is 4.75. The standard InChI is InChI=1S/C18H21N3O2/c19-12-13-5-4-8-16(13)21-18(22)17-11-15(9-10-20-17)23-14-6-2-1-3-7-14/h1-3,6-7,9-11,13,16H,4-5,8,12,19H2,(H,21,22). The van der Waals surface area contributed by atoms with Crippen molar-refractivity contribution < 1.29 is 9.53 Å². The Morgan fingerprint density at radius 2 is 2.04 bits per heavy atom. The molecule has 1 aromatic carbocycles. The maximum Gasteiger partial charge on any atom is 0.270 e. The minimum absolute atomic E-state index is 0.146. The van der Waals surface area contributed by atoms with E-state index in [2.05, 4.69) is 10.3 Å². The van der Waals surface area contributed by atoms with Crippen LogP contribution in [0.4, 0.5) is 0 Å². The molecule has 23 heavy (non-hydrogen) atoms. The number of rotatable bonds is 5. The Morgan fingerprint density at radius 1 is 1.22 bits per heavy atom. The van der Waals surface area contributed by atoms with Crippen molar-refractivity contribution in [2.75, 3.05) is 6.54 Å². The van der Waals surface area contributed by atoms with Gasteiger partial charge in [0, 0.05) is 18.3 Å². The maximum atomic E-state index is 12.4. The van der Waals surface area contributed by atoms with E-state index in [0.717, 1.165) is 25.0 Å². The number of nitrogens with one attached hydrogen (secondary N) is 1. The summed E-state index contributed by atoms with van der Waals surface area (Å²) in [7, 11) is 0. The number of pyridine rings is 1. The first-order valence-electron chi connectivity index (χ1n) is 7.96. The van der Waals surface area contributed by atoms with Crippen LogP contribution >= 0.6 is 0 Å². The van der Waals surface area contributed by atoms with Crippen molar-refractivity contribution in [1.82, 2.24) is 10.3 Å². The number of carbonyl (C=O) groups is 1. The van der Waals surface area contributed by atoms with Crippen molar-refractivity contribution in [2.24, 2.45) is 11.7 Å². The zero-order chi connectivity index (χ0) is 16.1. The summed E-state index contributed by atoms with van der Waals surface area (Å²) in [5.74, 6) is 1.51. The fraction of sp³-hybridized carbons (Fsp3) is 0.333. The van der Waals surface area contributed by atoms with Crippen molar-refractivity contribution >= 4 is 5.91 Å². The summed E-state index contributed by atoms with van der Waals surface area (Å²) < 4.78 is 5.74. The van der Waals surface area contributed by atoms with Gasteiger partial charge in [0.25, 0.3) is 5.91 Å². The molecule has 0 saturated heterocycles. The molecule has 2 atom stereocenters. The van der Waals surface area contributed by atoms with Crippen LogP contribution in [0.1, 0.15) is 29.8 Å². The highest BCUT2D eigenvalue weighted by molar-refractivity contribution is 5.92. The van der Waals surface area contributed by atoms with Crippen LogP contribution in [-0.2, 0) is 0 Å². The Labute approximate surface area is 135 Å². The molecule has 5 heteroatoms. The molecule has 0 bridgehead atoms. The summed E-state index contributed by atoms with van der Waals surface area (Å²) >= 11 is 0. The van der Waals surface area contributed by atoms with Gasteiger partial charge in [-0.1, -0.05) is 24.6 Å². The zero-order valence-electron chi connectivity index (χ0n) is 12.9. The Kier molecular flexibility index (Phi) is 4.88. The van der Waals surface area contributed by atoms with Crippen molar-refractivity contribution in [3.8, 4) is 11.5 Å². The highest BCUT2D eigenvalue weighted by Gasteiger charge is 2.27. The second kappa shape index (κ2) is 7.24. The van der Waals surface area contributed by atoms with Gasteiger partial charge in [-0.15, -0.1) is 0 Å². The number of nitrogens with two attached hydrogens (primary N) is 1. The van der Waals surface area contributed by atoms with Crippen LogP contribution in [0.15, 0.2) is 48.7 Å². The van der Waals surface area contributed by atoms with Crippen LogP contribution < -0.4 is 15.8 Å². The third-order valence-electron chi connectivity index (χ3n) is 4.22. The van der Waals surface area contributed by atoms with Crippen LogP contribution in [0.2, 0.25) is 0 Å². The molecular weight excluding hydrogens is 290 g/mol. The largest absolute Gasteiger partial charge is 0.457 e. The van der Waals surface area contributed by atoms with Crippen molar-refractivity contribution in [3.05, 3.63) is 54.4 Å². The van der Waals surface area contributed by atoms with E-state index in [1.54, 1.807) is 18.3 Å². The van der Waals surface area contributed by atoms with Gasteiger partial charge in [0.1, 0.15) is 17.2 Å². The normalized spacial score (nSPS) is 20.2. The van der Waals surface area contributed by atoms with E-state index in [4.69, 9.17) is 10.5 Å². The van der Waals surface area contributed by atoms with Crippen molar-refractivity contribution in [2.45, 2.75) is 25.3 Å². The molecule has 2 unspecified atom stereocenters. The minimum Gasteiger partial charge on any atom is -0.457 e. The highest BCUT2D eigenvalue weighted by Crippen LogP contribution is 2.25. The highest BCUT2D eigenvalue weighted by atomic mass is 16.5. The first kappa shape index (κ1) is 15.5. The minimum atomic E-state index is -0.172. The predicted octanol–water partition coefficient (Wildman–Crippen LogP) is 2.73. The van der Waals surface area contributed by atoms with Crippen LogP contribution in [0.3, 0.4) is 0 Å². The molecule has 1 heterocycles. The number of hydrogen-bond acceptors (Lipinski definition) is 4. The number of amides is 1. The number of benzene rings is 1. The molecule has 0 spiro atoms. The van der Waals surface area contributed by atoms with Crippen LogP contribution in [0.25, 0.3) is 0 Å². The van der Waals surface area contributed by atoms with Crippen molar-refractivity contribution in [3.63, 3.8) is 0 Å². The Hall–Kier alpha value is -2.40. The lowest BCUT2D eigenvalue weighted by Crippen LogP contribution is -2.40. The lowest BCUT2D eigenvalue weighted by atomic mass is 10.0. The number of aromatic nitrogens is 1. The van der Waals surface area contributed by atoms with Crippen LogP contribution in [-0.4, -0.2) is 23.5 Å². The molecule has 0 aliphatic heterocycles. The monoisotopic (exact) mass is 311 g/mol. The molecule has 1 saturated carbocycles. The van der Waals surface area contributed by atoms with E-state index in [1.807, 2.05) is 30.3 Å². The SMILES string of the molecule is NCC1CCCC1NC(=O)c1cc(Oc2ccccc2)ccn1. The Morgan fingerprint density at radius 3 is 2.83 bits per heavy atom. The molecule has 1 fully saturated rings. The van der Waals surface area contributed by atoms with Crippen LogP contribution in [0.5, 0.6) is 11.5 Å². The van der Waals surface area contributed by atoms with Gasteiger partial charge in [0.15, 0.2) is 0 Å². The molecule has 120 valence electrons. The van der Waals surface area contributed by atoms with E-state index in [0.29, 0.717) is 23.9 Å². The predicted molar refractivity (Wildman–Crippen MR) is 88.4 cm³/mol. The van der Waals surface area contributed by atoms with Gasteiger partial charge in [-0.25, -0.2) is 0 Å². The summed E-state index contributed by atoms with van der Waals surface area (Å²) in [4.78, 5) is 16.5. The molecule has 3 N–H and O–H groups in total. The molecular formula is C18H21N3O2. The zero-order valence-corrected chi connectivity index (χ0v) is 12.9. The van der Waals surface area contributed by atoms with E-state index in [9.17, 15) is 4.79 Å². The average Bonchev–Trinajstić information content (AvgIpc) is 3.03. The molecule has 1 aliphatic carbocycles. The van der Waals surface area contributed by atoms with Gasteiger partial charge >= 0.3 is 0 Å². The smallest absolute Gasteiger partial charge is 0.270 e.